The molecular formula is C14H24N2O3. The van der Waals surface area contributed by atoms with Crippen molar-refractivity contribution < 1.29 is 14.7 Å². The molecular weight excluding hydrogens is 244 g/mol. The van der Waals surface area contributed by atoms with E-state index in [4.69, 9.17) is 5.11 Å². The van der Waals surface area contributed by atoms with E-state index in [9.17, 15) is 9.59 Å². The molecule has 5 nitrogen and oxygen atoms in total. The zero-order chi connectivity index (χ0) is 13.7. The summed E-state index contributed by atoms with van der Waals surface area (Å²) in [6.07, 6.45) is 7.80. The number of nitrogens with one attached hydrogen (secondary N) is 2. The average Bonchev–Trinajstić information content (AvgIpc) is 2.90. The molecule has 3 N–H and O–H groups in total. The number of rotatable bonds is 5. The van der Waals surface area contributed by atoms with Crippen molar-refractivity contribution in [2.45, 2.75) is 63.5 Å². The van der Waals surface area contributed by atoms with Crippen LogP contribution < -0.4 is 10.6 Å². The summed E-state index contributed by atoms with van der Waals surface area (Å²) in [5, 5.41) is 15.2. The Morgan fingerprint density at radius 3 is 2.16 bits per heavy atom. The van der Waals surface area contributed by atoms with Gasteiger partial charge in [0.2, 0.25) is 5.91 Å². The van der Waals surface area contributed by atoms with Gasteiger partial charge in [-0.05, 0) is 38.5 Å². The second kappa shape index (κ2) is 6.89. The van der Waals surface area contributed by atoms with Gasteiger partial charge in [0.25, 0.3) is 0 Å². The molecule has 0 radical (unpaired) electrons. The van der Waals surface area contributed by atoms with E-state index in [0.29, 0.717) is 25.4 Å². The lowest BCUT2D eigenvalue weighted by Crippen LogP contribution is -2.44. The Morgan fingerprint density at radius 1 is 0.947 bits per heavy atom. The van der Waals surface area contributed by atoms with E-state index in [1.165, 1.54) is 25.7 Å². The van der Waals surface area contributed by atoms with Crippen LogP contribution >= 0.6 is 0 Å². The number of hydrogen-bond donors (Lipinski definition) is 3. The highest BCUT2D eigenvalue weighted by Gasteiger charge is 2.26. The SMILES string of the molecule is O=C(CNC1CCCC1)NC1CCC(C(=O)O)CC1. The number of aliphatic carboxylic acids is 1. The minimum absolute atomic E-state index is 0.0469. The van der Waals surface area contributed by atoms with Crippen LogP contribution in [-0.4, -0.2) is 35.6 Å². The first-order valence-electron chi connectivity index (χ1n) is 7.40. The maximum Gasteiger partial charge on any atom is 0.306 e. The molecule has 0 aromatic rings. The van der Waals surface area contributed by atoms with E-state index in [-0.39, 0.29) is 17.9 Å². The van der Waals surface area contributed by atoms with Gasteiger partial charge < -0.3 is 15.7 Å². The second-order valence-corrected chi connectivity index (χ2v) is 5.82. The minimum atomic E-state index is -0.701. The first-order valence-corrected chi connectivity index (χ1v) is 7.40. The van der Waals surface area contributed by atoms with E-state index in [0.717, 1.165) is 12.8 Å². The summed E-state index contributed by atoms with van der Waals surface area (Å²) in [6, 6.07) is 0.668. The van der Waals surface area contributed by atoms with Crippen LogP contribution in [0.2, 0.25) is 0 Å². The molecule has 0 unspecified atom stereocenters. The van der Waals surface area contributed by atoms with Gasteiger partial charge in [-0.2, -0.15) is 0 Å². The van der Waals surface area contributed by atoms with Crippen molar-refractivity contribution >= 4 is 11.9 Å². The normalized spacial score (nSPS) is 28.2. The molecule has 19 heavy (non-hydrogen) atoms. The van der Waals surface area contributed by atoms with E-state index in [2.05, 4.69) is 10.6 Å². The van der Waals surface area contributed by atoms with Crippen LogP contribution in [0.3, 0.4) is 0 Å². The van der Waals surface area contributed by atoms with Crippen LogP contribution in [0.25, 0.3) is 0 Å². The summed E-state index contributed by atoms with van der Waals surface area (Å²) in [5.41, 5.74) is 0. The van der Waals surface area contributed by atoms with Gasteiger partial charge in [0, 0.05) is 12.1 Å². The Balaban J connectivity index is 1.61. The summed E-state index contributed by atoms with van der Waals surface area (Å²) < 4.78 is 0. The summed E-state index contributed by atoms with van der Waals surface area (Å²) in [5.74, 6) is -0.872. The molecule has 2 aliphatic carbocycles. The Labute approximate surface area is 114 Å². The third kappa shape index (κ3) is 4.49. The molecule has 0 spiro atoms. The number of amides is 1. The van der Waals surface area contributed by atoms with Crippen molar-refractivity contribution in [3.8, 4) is 0 Å². The van der Waals surface area contributed by atoms with Gasteiger partial charge in [-0.3, -0.25) is 9.59 Å². The zero-order valence-corrected chi connectivity index (χ0v) is 11.4. The first kappa shape index (κ1) is 14.3. The van der Waals surface area contributed by atoms with Crippen molar-refractivity contribution in [2.75, 3.05) is 6.54 Å². The molecule has 0 bridgehead atoms. The van der Waals surface area contributed by atoms with Crippen LogP contribution in [-0.2, 0) is 9.59 Å². The predicted octanol–water partition coefficient (Wildman–Crippen LogP) is 1.28. The quantitative estimate of drug-likeness (QED) is 0.702. The fourth-order valence-electron chi connectivity index (χ4n) is 3.13. The summed E-state index contributed by atoms with van der Waals surface area (Å²) in [7, 11) is 0. The standard InChI is InChI=1S/C14H24N2O3/c17-13(9-15-11-3-1-2-4-11)16-12-7-5-10(6-8-12)14(18)19/h10-12,15H,1-9H2,(H,16,17)(H,18,19). The highest BCUT2D eigenvalue weighted by atomic mass is 16.4. The second-order valence-electron chi connectivity index (χ2n) is 5.82. The van der Waals surface area contributed by atoms with Gasteiger partial charge in [0.05, 0.1) is 12.5 Å². The molecule has 2 rings (SSSR count). The lowest BCUT2D eigenvalue weighted by molar-refractivity contribution is -0.142. The molecule has 0 saturated heterocycles. The Morgan fingerprint density at radius 2 is 1.58 bits per heavy atom. The number of carbonyl (C=O) groups excluding carboxylic acids is 1. The smallest absolute Gasteiger partial charge is 0.306 e. The summed E-state index contributed by atoms with van der Waals surface area (Å²) >= 11 is 0. The third-order valence-corrected chi connectivity index (χ3v) is 4.35. The maximum absolute atomic E-state index is 11.8. The molecule has 0 aliphatic heterocycles. The Hall–Kier alpha value is -1.10. The predicted molar refractivity (Wildman–Crippen MR) is 71.8 cm³/mol. The van der Waals surface area contributed by atoms with Crippen molar-refractivity contribution in [1.82, 2.24) is 10.6 Å². The van der Waals surface area contributed by atoms with Gasteiger partial charge in [0.1, 0.15) is 0 Å². The molecule has 1 amide bonds. The molecule has 2 aliphatic rings. The van der Waals surface area contributed by atoms with Crippen molar-refractivity contribution in [1.29, 1.82) is 0 Å². The lowest BCUT2D eigenvalue weighted by atomic mass is 9.86. The van der Waals surface area contributed by atoms with Gasteiger partial charge in [0.15, 0.2) is 0 Å². The largest absolute Gasteiger partial charge is 0.481 e. The van der Waals surface area contributed by atoms with E-state index < -0.39 is 5.97 Å². The van der Waals surface area contributed by atoms with Crippen LogP contribution in [0, 0.1) is 5.92 Å². The van der Waals surface area contributed by atoms with Crippen molar-refractivity contribution in [3.05, 3.63) is 0 Å². The van der Waals surface area contributed by atoms with Crippen molar-refractivity contribution in [3.63, 3.8) is 0 Å². The van der Waals surface area contributed by atoms with Gasteiger partial charge in [-0.25, -0.2) is 0 Å². The molecule has 2 saturated carbocycles. The highest BCUT2D eigenvalue weighted by Crippen LogP contribution is 2.24. The molecule has 2 fully saturated rings. The molecule has 0 atom stereocenters. The minimum Gasteiger partial charge on any atom is -0.481 e. The highest BCUT2D eigenvalue weighted by molar-refractivity contribution is 5.78. The monoisotopic (exact) mass is 268 g/mol. The maximum atomic E-state index is 11.8. The van der Waals surface area contributed by atoms with E-state index >= 15 is 0 Å². The van der Waals surface area contributed by atoms with Gasteiger partial charge in [-0.1, -0.05) is 12.8 Å². The van der Waals surface area contributed by atoms with Gasteiger partial charge >= 0.3 is 5.97 Å². The molecule has 0 aromatic carbocycles. The van der Waals surface area contributed by atoms with Crippen LogP contribution in [0.4, 0.5) is 0 Å². The fraction of sp³-hybridized carbons (Fsp3) is 0.857. The summed E-state index contributed by atoms with van der Waals surface area (Å²) in [4.78, 5) is 22.6. The molecule has 0 aromatic heterocycles. The van der Waals surface area contributed by atoms with Crippen LogP contribution in [0.15, 0.2) is 0 Å². The molecule has 108 valence electrons. The Bertz CT molecular complexity index is 319. The topological polar surface area (TPSA) is 78.4 Å². The average molecular weight is 268 g/mol. The number of carboxylic acid groups (broad SMARTS) is 1. The zero-order valence-electron chi connectivity index (χ0n) is 11.4. The third-order valence-electron chi connectivity index (χ3n) is 4.35. The Kier molecular flexibility index (Phi) is 5.19. The number of carbonyl (C=O) groups is 2. The van der Waals surface area contributed by atoms with Crippen LogP contribution in [0.5, 0.6) is 0 Å². The molecule has 0 heterocycles. The van der Waals surface area contributed by atoms with Crippen LogP contribution in [0.1, 0.15) is 51.4 Å². The number of carboxylic acids is 1. The molecule has 5 heteroatoms. The lowest BCUT2D eigenvalue weighted by Gasteiger charge is -2.27. The van der Waals surface area contributed by atoms with Crippen molar-refractivity contribution in [2.24, 2.45) is 5.92 Å². The number of hydrogen-bond acceptors (Lipinski definition) is 3. The fourth-order valence-corrected chi connectivity index (χ4v) is 3.13. The first-order chi connectivity index (χ1) is 9.15. The summed E-state index contributed by atoms with van der Waals surface area (Å²) in [6.45, 7) is 0.392. The van der Waals surface area contributed by atoms with Gasteiger partial charge in [-0.15, -0.1) is 0 Å². The van der Waals surface area contributed by atoms with E-state index in [1.807, 2.05) is 0 Å². The van der Waals surface area contributed by atoms with E-state index in [1.54, 1.807) is 0 Å².